The molecule has 6 rings (SSSR count). The zero-order valence-electron chi connectivity index (χ0n) is 23.7. The number of imidazole rings is 1. The molecule has 0 saturated heterocycles. The second kappa shape index (κ2) is 8.46. The number of alkyl halides is 2. The van der Waals surface area contributed by atoms with Gasteiger partial charge in [0.1, 0.15) is 24.5 Å². The highest BCUT2D eigenvalue weighted by Gasteiger charge is 2.45. The first-order valence-electron chi connectivity index (χ1n) is 13.5. The van der Waals surface area contributed by atoms with Crippen LogP contribution in [0, 0.1) is 12.7 Å². The van der Waals surface area contributed by atoms with E-state index in [0.717, 1.165) is 4.90 Å². The molecule has 3 aromatic carbocycles. The minimum Gasteiger partial charge on any atom is -0.434 e. The third kappa shape index (κ3) is 3.59. The van der Waals surface area contributed by atoms with Crippen LogP contribution in [0.1, 0.15) is 49.9 Å². The molecule has 2 bridgehead atoms. The van der Waals surface area contributed by atoms with Crippen LogP contribution in [-0.2, 0) is 4.57 Å². The quantitative estimate of drug-likeness (QED) is 0.292. The topological polar surface area (TPSA) is 64.4 Å². The van der Waals surface area contributed by atoms with Gasteiger partial charge in [-0.3, -0.25) is 4.79 Å². The lowest BCUT2D eigenvalue weighted by Crippen LogP contribution is -2.30. The van der Waals surface area contributed by atoms with Crippen molar-refractivity contribution in [1.29, 1.82) is 0 Å². The van der Waals surface area contributed by atoms with E-state index in [1.807, 2.05) is 0 Å². The van der Waals surface area contributed by atoms with Crippen molar-refractivity contribution in [3.05, 3.63) is 76.9 Å². The summed E-state index contributed by atoms with van der Waals surface area (Å²) in [6, 6.07) is 10.9. The average molecular weight is 543 g/mol. The SMILES string of the molecule is [2H]C([2H])([2H])N1C(=O)c2cccc(OC(F)F)c2[C@H]2C[C@@H]1c1nc3ccc(-c4ccc(P(C)(C)=O)c(F)c4C)cc3n12. The fourth-order valence-corrected chi connectivity index (χ4v) is 6.75. The first-order valence-corrected chi connectivity index (χ1v) is 14.6. The van der Waals surface area contributed by atoms with Gasteiger partial charge in [0, 0.05) is 33.9 Å². The third-order valence-corrected chi connectivity index (χ3v) is 8.91. The Hall–Kier alpha value is -3.58. The molecule has 2 aliphatic rings. The molecule has 0 unspecified atom stereocenters. The molecule has 0 radical (unpaired) electrons. The van der Waals surface area contributed by atoms with Crippen LogP contribution >= 0.6 is 7.14 Å². The van der Waals surface area contributed by atoms with E-state index in [4.69, 9.17) is 8.85 Å². The van der Waals surface area contributed by atoms with Crippen LogP contribution in [0.25, 0.3) is 22.2 Å². The summed E-state index contributed by atoms with van der Waals surface area (Å²) in [4.78, 5) is 19.0. The fourth-order valence-electron chi connectivity index (χ4n) is 5.68. The molecule has 0 aliphatic carbocycles. The Morgan fingerprint density at radius 2 is 1.92 bits per heavy atom. The van der Waals surface area contributed by atoms with Gasteiger partial charge in [0.2, 0.25) is 0 Å². The third-order valence-electron chi connectivity index (χ3n) is 7.41. The Bertz CT molecular complexity index is 1800. The van der Waals surface area contributed by atoms with E-state index in [9.17, 15) is 18.1 Å². The van der Waals surface area contributed by atoms with Crippen molar-refractivity contribution in [2.75, 3.05) is 20.3 Å². The van der Waals surface area contributed by atoms with Crippen LogP contribution in [0.4, 0.5) is 13.2 Å². The van der Waals surface area contributed by atoms with Crippen LogP contribution in [0.3, 0.4) is 0 Å². The second-order valence-electron chi connectivity index (χ2n) is 10.0. The molecule has 38 heavy (non-hydrogen) atoms. The van der Waals surface area contributed by atoms with Gasteiger partial charge in [0.15, 0.2) is 0 Å². The molecule has 0 fully saturated rings. The monoisotopic (exact) mass is 542 g/mol. The van der Waals surface area contributed by atoms with Crippen LogP contribution in [-0.4, -0.2) is 47.3 Å². The Labute approximate surface area is 221 Å². The number of benzene rings is 3. The Kier molecular flexibility index (Phi) is 4.76. The van der Waals surface area contributed by atoms with E-state index in [0.29, 0.717) is 33.5 Å². The number of halogens is 3. The van der Waals surface area contributed by atoms with E-state index < -0.39 is 44.5 Å². The molecule has 6 nitrogen and oxygen atoms in total. The van der Waals surface area contributed by atoms with E-state index >= 15 is 4.39 Å². The minimum absolute atomic E-state index is 0.0347. The van der Waals surface area contributed by atoms with E-state index in [1.54, 1.807) is 35.8 Å². The van der Waals surface area contributed by atoms with Crippen molar-refractivity contribution in [3.8, 4) is 16.9 Å². The van der Waals surface area contributed by atoms with Gasteiger partial charge in [-0.25, -0.2) is 9.37 Å². The molecule has 2 atom stereocenters. The largest absolute Gasteiger partial charge is 0.434 e. The highest BCUT2D eigenvalue weighted by atomic mass is 31.2. The first kappa shape index (κ1) is 21.4. The van der Waals surface area contributed by atoms with Gasteiger partial charge in [-0.15, -0.1) is 0 Å². The van der Waals surface area contributed by atoms with Crippen LogP contribution in [0.2, 0.25) is 0 Å². The molecular weight excluding hydrogens is 514 g/mol. The van der Waals surface area contributed by atoms with Crippen molar-refractivity contribution >= 4 is 29.4 Å². The van der Waals surface area contributed by atoms with Gasteiger partial charge in [-0.2, -0.15) is 8.78 Å². The van der Waals surface area contributed by atoms with E-state index in [1.165, 1.54) is 37.6 Å². The number of ether oxygens (including phenoxy) is 1. The van der Waals surface area contributed by atoms with Crippen molar-refractivity contribution < 1.29 is 31.4 Å². The van der Waals surface area contributed by atoms with E-state index in [2.05, 4.69) is 4.98 Å². The number of rotatable bonds is 4. The van der Waals surface area contributed by atoms with Crippen molar-refractivity contribution in [1.82, 2.24) is 14.5 Å². The summed E-state index contributed by atoms with van der Waals surface area (Å²) in [5.41, 5.74) is 2.69. The van der Waals surface area contributed by atoms with Gasteiger partial charge in [-0.05, 0) is 67.3 Å². The number of fused-ring (bicyclic) bond motifs is 9. The maximum Gasteiger partial charge on any atom is 0.387 e. The van der Waals surface area contributed by atoms with Crippen LogP contribution < -0.4 is 10.0 Å². The zero-order valence-corrected chi connectivity index (χ0v) is 21.6. The number of nitrogens with zero attached hydrogens (tertiary/aromatic N) is 3. The number of hydrogen-bond donors (Lipinski definition) is 0. The standard InChI is InChI=1S/C28H25F3N3O3P/c1-14-16(9-11-23(25(14)29)38(3,4)36)15-8-10-18-19(12-15)34-20-13-21(26(34)32-18)33(2)27(35)17-6-5-7-22(24(17)20)37-28(30)31/h5-12,20-21,28H,13H2,1-4H3/t20-,21-/m1/s1/i2D3. The highest BCUT2D eigenvalue weighted by Crippen LogP contribution is 2.50. The molecule has 1 amide bonds. The molecule has 0 saturated carbocycles. The number of amides is 1. The van der Waals surface area contributed by atoms with Crippen molar-refractivity contribution in [2.24, 2.45) is 0 Å². The predicted molar refractivity (Wildman–Crippen MR) is 140 cm³/mol. The summed E-state index contributed by atoms with van der Waals surface area (Å²) in [6.07, 6.45) is 0.0912. The summed E-state index contributed by atoms with van der Waals surface area (Å²) in [5, 5.41) is 0.160. The molecule has 196 valence electrons. The lowest BCUT2D eigenvalue weighted by molar-refractivity contribution is -0.0507. The van der Waals surface area contributed by atoms with Gasteiger partial charge in [-0.1, -0.05) is 18.2 Å². The molecular formula is C28H25F3N3O3P. The highest BCUT2D eigenvalue weighted by molar-refractivity contribution is 7.70. The lowest BCUT2D eigenvalue weighted by atomic mass is 9.97. The molecule has 1 aromatic heterocycles. The summed E-state index contributed by atoms with van der Waals surface area (Å²) >= 11 is 0. The summed E-state index contributed by atoms with van der Waals surface area (Å²) in [5.74, 6) is -1.27. The molecule has 3 heterocycles. The van der Waals surface area contributed by atoms with Gasteiger partial charge in [0.05, 0.1) is 23.1 Å². The number of carbonyl (C=O) groups is 1. The fraction of sp³-hybridized carbons (Fsp3) is 0.286. The van der Waals surface area contributed by atoms with Crippen LogP contribution in [0.5, 0.6) is 5.75 Å². The maximum absolute atomic E-state index is 15.3. The number of aromatic nitrogens is 2. The Balaban J connectivity index is 1.60. The Morgan fingerprint density at radius 1 is 1.13 bits per heavy atom. The molecule has 0 spiro atoms. The second-order valence-corrected chi connectivity index (χ2v) is 13.2. The zero-order chi connectivity index (χ0) is 29.6. The smallest absolute Gasteiger partial charge is 0.387 e. The van der Waals surface area contributed by atoms with Gasteiger partial charge in [0.25, 0.3) is 5.91 Å². The van der Waals surface area contributed by atoms with Crippen LogP contribution in [0.15, 0.2) is 48.5 Å². The van der Waals surface area contributed by atoms with Crippen molar-refractivity contribution in [3.63, 3.8) is 0 Å². The summed E-state index contributed by atoms with van der Waals surface area (Å²) in [6.45, 7) is -1.38. The molecule has 2 aliphatic heterocycles. The Morgan fingerprint density at radius 3 is 2.63 bits per heavy atom. The summed E-state index contributed by atoms with van der Waals surface area (Å²) < 4.78 is 85.7. The first-order chi connectivity index (χ1) is 19.2. The molecule has 10 heteroatoms. The maximum atomic E-state index is 15.3. The lowest BCUT2D eigenvalue weighted by Gasteiger charge is -2.24. The van der Waals surface area contributed by atoms with Crippen molar-refractivity contribution in [2.45, 2.75) is 32.0 Å². The minimum atomic E-state index is -3.16. The normalized spacial score (nSPS) is 20.1. The van der Waals surface area contributed by atoms with Gasteiger partial charge < -0.3 is 18.8 Å². The van der Waals surface area contributed by atoms with Gasteiger partial charge >= 0.3 is 6.61 Å². The number of carbonyl (C=O) groups excluding carboxylic acids is 1. The number of hydrogen-bond acceptors (Lipinski definition) is 4. The predicted octanol–water partition coefficient (Wildman–Crippen LogP) is 6.12. The average Bonchev–Trinajstić information content (AvgIpc) is 3.36. The summed E-state index contributed by atoms with van der Waals surface area (Å²) in [7, 11) is -2.85. The molecule has 0 N–H and O–H groups in total. The van der Waals surface area contributed by atoms with E-state index in [-0.39, 0.29) is 28.6 Å². The molecule has 4 aromatic rings.